The van der Waals surface area contributed by atoms with Gasteiger partial charge in [0.25, 0.3) is 5.91 Å². The molecule has 0 heterocycles. The molecule has 0 radical (unpaired) electrons. The second-order valence-electron chi connectivity index (χ2n) is 5.09. The van der Waals surface area contributed by atoms with Crippen molar-refractivity contribution >= 4 is 22.4 Å². The van der Waals surface area contributed by atoms with Gasteiger partial charge in [-0.2, -0.15) is 0 Å². The van der Waals surface area contributed by atoms with Gasteiger partial charge in [-0.25, -0.2) is 0 Å². The van der Waals surface area contributed by atoms with E-state index in [1.54, 1.807) is 6.26 Å². The second-order valence-corrected chi connectivity index (χ2v) is 6.57. The maximum absolute atomic E-state index is 12.3. The Labute approximate surface area is 123 Å². The quantitative estimate of drug-likeness (QED) is 0.812. The molecule has 0 spiro atoms. The predicted molar refractivity (Wildman–Crippen MR) is 85.8 cm³/mol. The van der Waals surface area contributed by atoms with Crippen molar-refractivity contribution in [3.63, 3.8) is 0 Å². The van der Waals surface area contributed by atoms with E-state index in [9.17, 15) is 9.00 Å². The Kier molecular flexibility index (Phi) is 6.71. The summed E-state index contributed by atoms with van der Waals surface area (Å²) < 4.78 is 11.2. The molecule has 0 aliphatic rings. The molecule has 0 saturated carbocycles. The minimum atomic E-state index is -0.913. The molecule has 0 aromatic heterocycles. The zero-order valence-corrected chi connectivity index (χ0v) is 13.5. The van der Waals surface area contributed by atoms with Crippen LogP contribution in [0.4, 0.5) is 5.69 Å². The third-order valence-electron chi connectivity index (χ3n) is 2.85. The van der Waals surface area contributed by atoms with Gasteiger partial charge in [-0.05, 0) is 32.4 Å². The van der Waals surface area contributed by atoms with Crippen molar-refractivity contribution in [2.75, 3.05) is 23.9 Å². The number of nitrogens with one attached hydrogen (secondary N) is 2. The van der Waals surface area contributed by atoms with Crippen LogP contribution in [0.1, 0.15) is 36.2 Å². The Balaban J connectivity index is 2.84. The lowest BCUT2D eigenvalue weighted by Gasteiger charge is -2.16. The van der Waals surface area contributed by atoms with E-state index in [-0.39, 0.29) is 11.9 Å². The monoisotopic (exact) mass is 296 g/mol. The molecule has 5 heteroatoms. The third-order valence-corrected chi connectivity index (χ3v) is 3.82. The fourth-order valence-corrected chi connectivity index (χ4v) is 2.74. The van der Waals surface area contributed by atoms with Crippen molar-refractivity contribution in [3.8, 4) is 0 Å². The van der Waals surface area contributed by atoms with Gasteiger partial charge in [-0.15, -0.1) is 0 Å². The first kappa shape index (κ1) is 16.7. The van der Waals surface area contributed by atoms with Gasteiger partial charge in [-0.3, -0.25) is 9.00 Å². The molecule has 0 saturated heterocycles. The molecule has 2 unspecified atom stereocenters. The van der Waals surface area contributed by atoms with Gasteiger partial charge in [0.15, 0.2) is 0 Å². The summed E-state index contributed by atoms with van der Waals surface area (Å²) >= 11 is 0. The summed E-state index contributed by atoms with van der Waals surface area (Å²) in [5.41, 5.74) is 2.54. The fraction of sp³-hybridized carbons (Fsp3) is 0.533. The van der Waals surface area contributed by atoms with E-state index in [0.717, 1.165) is 24.2 Å². The predicted octanol–water partition coefficient (Wildman–Crippen LogP) is 2.31. The maximum Gasteiger partial charge on any atom is 0.253 e. The number of anilines is 1. The average Bonchev–Trinajstić information content (AvgIpc) is 2.36. The first-order valence-corrected chi connectivity index (χ1v) is 8.62. The lowest BCUT2D eigenvalue weighted by atomic mass is 10.1. The zero-order chi connectivity index (χ0) is 15.1. The summed E-state index contributed by atoms with van der Waals surface area (Å²) in [4.78, 5) is 12.3. The van der Waals surface area contributed by atoms with Crippen LogP contribution in [0.5, 0.6) is 0 Å². The van der Waals surface area contributed by atoms with Gasteiger partial charge in [-0.1, -0.05) is 18.6 Å². The van der Waals surface area contributed by atoms with Gasteiger partial charge >= 0.3 is 0 Å². The van der Waals surface area contributed by atoms with Crippen LogP contribution in [0.25, 0.3) is 0 Å². The van der Waals surface area contributed by atoms with Crippen molar-refractivity contribution in [2.45, 2.75) is 33.2 Å². The number of rotatable bonds is 7. The lowest BCUT2D eigenvalue weighted by molar-refractivity contribution is 0.0944. The molecule has 20 heavy (non-hydrogen) atoms. The zero-order valence-electron chi connectivity index (χ0n) is 12.7. The summed E-state index contributed by atoms with van der Waals surface area (Å²) in [5, 5.41) is 6.16. The van der Waals surface area contributed by atoms with E-state index in [0.29, 0.717) is 11.3 Å². The van der Waals surface area contributed by atoms with Crippen LogP contribution in [0.3, 0.4) is 0 Å². The Bertz CT molecular complexity index is 489. The average molecular weight is 296 g/mol. The molecular weight excluding hydrogens is 272 g/mol. The van der Waals surface area contributed by atoms with Crippen LogP contribution >= 0.6 is 0 Å². The van der Waals surface area contributed by atoms with Crippen molar-refractivity contribution in [1.82, 2.24) is 5.32 Å². The van der Waals surface area contributed by atoms with Crippen LogP contribution in [-0.4, -0.2) is 34.7 Å². The van der Waals surface area contributed by atoms with Crippen molar-refractivity contribution < 1.29 is 9.00 Å². The van der Waals surface area contributed by atoms with E-state index in [2.05, 4.69) is 17.6 Å². The smallest absolute Gasteiger partial charge is 0.253 e. The number of aryl methyl sites for hydroxylation is 1. The Morgan fingerprint density at radius 3 is 2.70 bits per heavy atom. The molecule has 2 atom stereocenters. The van der Waals surface area contributed by atoms with E-state index in [1.807, 2.05) is 32.0 Å². The minimum Gasteiger partial charge on any atom is -0.384 e. The molecule has 1 aromatic carbocycles. The Hall–Kier alpha value is -1.36. The van der Waals surface area contributed by atoms with E-state index in [1.165, 1.54) is 0 Å². The van der Waals surface area contributed by atoms with Gasteiger partial charge in [0.05, 0.1) is 5.56 Å². The largest absolute Gasteiger partial charge is 0.384 e. The summed E-state index contributed by atoms with van der Waals surface area (Å²) in [5.74, 6) is 0.347. The minimum absolute atomic E-state index is 0.104. The standard InChI is InChI=1S/C15H24N2O2S/c1-5-8-16-14-7-6-11(2)9-13(14)15(18)17-12(3)10-20(4)19/h6-7,9,12,16H,5,8,10H2,1-4H3,(H,17,18). The molecule has 1 aromatic rings. The van der Waals surface area contributed by atoms with Crippen LogP contribution in [-0.2, 0) is 10.8 Å². The molecule has 0 aliphatic heterocycles. The molecule has 112 valence electrons. The molecule has 0 bridgehead atoms. The topological polar surface area (TPSA) is 58.2 Å². The first-order valence-electron chi connectivity index (χ1n) is 6.89. The number of carbonyl (C=O) groups is 1. The number of amides is 1. The summed E-state index contributed by atoms with van der Waals surface area (Å²) in [6.45, 7) is 6.75. The maximum atomic E-state index is 12.3. The van der Waals surface area contributed by atoms with E-state index >= 15 is 0 Å². The third kappa shape index (κ3) is 5.33. The Morgan fingerprint density at radius 1 is 1.40 bits per heavy atom. The van der Waals surface area contributed by atoms with E-state index in [4.69, 9.17) is 0 Å². The van der Waals surface area contributed by atoms with Crippen molar-refractivity contribution in [2.24, 2.45) is 0 Å². The molecule has 4 nitrogen and oxygen atoms in total. The van der Waals surface area contributed by atoms with E-state index < -0.39 is 10.8 Å². The number of hydrogen-bond acceptors (Lipinski definition) is 3. The normalized spacial score (nSPS) is 13.6. The first-order chi connectivity index (χ1) is 9.43. The Morgan fingerprint density at radius 2 is 2.10 bits per heavy atom. The SMILES string of the molecule is CCCNc1ccc(C)cc1C(=O)NC(C)CS(C)=O. The van der Waals surface area contributed by atoms with Gasteiger partial charge < -0.3 is 10.6 Å². The van der Waals surface area contributed by atoms with Crippen molar-refractivity contribution in [1.29, 1.82) is 0 Å². The molecule has 0 aliphatic carbocycles. The molecule has 2 N–H and O–H groups in total. The summed E-state index contributed by atoms with van der Waals surface area (Å²) in [7, 11) is -0.913. The van der Waals surface area contributed by atoms with Gasteiger partial charge in [0.2, 0.25) is 0 Å². The fourth-order valence-electron chi connectivity index (χ4n) is 1.96. The summed E-state index contributed by atoms with van der Waals surface area (Å²) in [6, 6.07) is 5.69. The van der Waals surface area contributed by atoms with Crippen LogP contribution in [0.2, 0.25) is 0 Å². The van der Waals surface area contributed by atoms with Crippen molar-refractivity contribution in [3.05, 3.63) is 29.3 Å². The van der Waals surface area contributed by atoms with Gasteiger partial charge in [0, 0.05) is 41.1 Å². The highest BCUT2D eigenvalue weighted by Gasteiger charge is 2.14. The molecule has 1 rings (SSSR count). The number of benzene rings is 1. The molecule has 1 amide bonds. The van der Waals surface area contributed by atoms with Gasteiger partial charge in [0.1, 0.15) is 0 Å². The number of hydrogen-bond donors (Lipinski definition) is 2. The van der Waals surface area contributed by atoms with Crippen LogP contribution in [0, 0.1) is 6.92 Å². The highest BCUT2D eigenvalue weighted by Crippen LogP contribution is 2.17. The highest BCUT2D eigenvalue weighted by atomic mass is 32.2. The van der Waals surface area contributed by atoms with Crippen LogP contribution < -0.4 is 10.6 Å². The lowest BCUT2D eigenvalue weighted by Crippen LogP contribution is -2.36. The van der Waals surface area contributed by atoms with Crippen LogP contribution in [0.15, 0.2) is 18.2 Å². The molecular formula is C15H24N2O2S. The highest BCUT2D eigenvalue weighted by molar-refractivity contribution is 7.84. The summed E-state index contributed by atoms with van der Waals surface area (Å²) in [6.07, 6.45) is 2.64. The number of carbonyl (C=O) groups excluding carboxylic acids is 1. The molecule has 0 fully saturated rings. The second kappa shape index (κ2) is 8.04.